The number of carbonyl (C=O) groups excluding carboxylic acids is 1. The fourth-order valence-corrected chi connectivity index (χ4v) is 2.03. The molecule has 0 spiro atoms. The Labute approximate surface area is 141 Å². The molecule has 0 saturated heterocycles. The number of halogens is 4. The number of alkyl halides is 3. The normalized spacial score (nSPS) is 11.9. The smallest absolute Gasteiger partial charge is 0.417 e. The highest BCUT2D eigenvalue weighted by atomic mass is 19.4. The van der Waals surface area contributed by atoms with Gasteiger partial charge < -0.3 is 10.1 Å². The van der Waals surface area contributed by atoms with Crippen molar-refractivity contribution in [1.29, 1.82) is 0 Å². The average molecular weight is 353 g/mol. The quantitative estimate of drug-likeness (QED) is 0.485. The largest absolute Gasteiger partial charge is 0.492 e. The van der Waals surface area contributed by atoms with Crippen molar-refractivity contribution >= 4 is 11.5 Å². The third-order valence-electron chi connectivity index (χ3n) is 3.13. The molecular weight excluding hydrogens is 338 g/mol. The third kappa shape index (κ3) is 5.95. The zero-order valence-corrected chi connectivity index (χ0v) is 13.0. The minimum Gasteiger partial charge on any atom is -0.492 e. The number of amides is 1. The van der Waals surface area contributed by atoms with E-state index < -0.39 is 23.5 Å². The maximum Gasteiger partial charge on any atom is 0.417 e. The van der Waals surface area contributed by atoms with Crippen LogP contribution in [0, 0.1) is 5.82 Å². The lowest BCUT2D eigenvalue weighted by Gasteiger charge is -2.12. The molecule has 0 aliphatic heterocycles. The maximum atomic E-state index is 13.1. The van der Waals surface area contributed by atoms with Crippen molar-refractivity contribution in [2.45, 2.75) is 6.18 Å². The molecular formula is C18H15F4NO2. The van der Waals surface area contributed by atoms with Crippen LogP contribution >= 0.6 is 0 Å². The van der Waals surface area contributed by atoms with Crippen LogP contribution in [0.25, 0.3) is 5.57 Å². The lowest BCUT2D eigenvalue weighted by atomic mass is 10.1. The first kappa shape index (κ1) is 18.5. The molecule has 132 valence electrons. The molecule has 7 heteroatoms. The molecule has 0 unspecified atom stereocenters. The Kier molecular flexibility index (Phi) is 6.16. The van der Waals surface area contributed by atoms with Crippen molar-refractivity contribution in [1.82, 2.24) is 5.32 Å². The Balaban J connectivity index is 1.93. The molecule has 0 aromatic heterocycles. The van der Waals surface area contributed by atoms with Crippen molar-refractivity contribution in [2.75, 3.05) is 13.2 Å². The molecule has 0 aliphatic carbocycles. The molecule has 0 radical (unpaired) electrons. The highest BCUT2D eigenvalue weighted by Gasteiger charge is 2.35. The van der Waals surface area contributed by atoms with Gasteiger partial charge in [0.05, 0.1) is 12.1 Å². The number of hydrogen-bond acceptors (Lipinski definition) is 2. The number of ether oxygens (including phenoxy) is 1. The average Bonchev–Trinajstić information content (AvgIpc) is 2.56. The number of carbonyl (C=O) groups is 1. The van der Waals surface area contributed by atoms with Crippen LogP contribution in [0.3, 0.4) is 0 Å². The standard InChI is InChI=1S/C18H15F4NO2/c19-14-7-4-8-15(11-14)25-10-9-23-17(24)12-16(18(20,21)22)13-5-2-1-3-6-13/h1-8,11-12H,9-10H2,(H,23,24)/b16-12-. The van der Waals surface area contributed by atoms with Gasteiger partial charge in [-0.1, -0.05) is 36.4 Å². The van der Waals surface area contributed by atoms with E-state index >= 15 is 0 Å². The first-order valence-corrected chi connectivity index (χ1v) is 7.37. The molecule has 0 aliphatic rings. The maximum absolute atomic E-state index is 13.1. The first-order valence-electron chi connectivity index (χ1n) is 7.37. The van der Waals surface area contributed by atoms with Crippen LogP contribution < -0.4 is 10.1 Å². The van der Waals surface area contributed by atoms with Gasteiger partial charge >= 0.3 is 6.18 Å². The summed E-state index contributed by atoms with van der Waals surface area (Å²) in [7, 11) is 0. The summed E-state index contributed by atoms with van der Waals surface area (Å²) in [5.41, 5.74) is -1.13. The highest BCUT2D eigenvalue weighted by Crippen LogP contribution is 2.33. The Bertz CT molecular complexity index is 742. The van der Waals surface area contributed by atoms with Crippen LogP contribution in [-0.4, -0.2) is 25.2 Å². The molecule has 0 atom stereocenters. The van der Waals surface area contributed by atoms with Crippen molar-refractivity contribution in [3.63, 3.8) is 0 Å². The summed E-state index contributed by atoms with van der Waals surface area (Å²) in [5.74, 6) is -1.09. The molecule has 0 bridgehead atoms. The molecule has 2 aromatic rings. The van der Waals surface area contributed by atoms with Gasteiger partial charge in [0.1, 0.15) is 18.2 Å². The predicted octanol–water partition coefficient (Wildman–Crippen LogP) is 3.97. The summed E-state index contributed by atoms with van der Waals surface area (Å²) in [6.07, 6.45) is -4.14. The van der Waals surface area contributed by atoms with Gasteiger partial charge in [0.15, 0.2) is 0 Å². The first-order chi connectivity index (χ1) is 11.9. The Morgan fingerprint density at radius 3 is 2.44 bits per heavy atom. The van der Waals surface area contributed by atoms with Gasteiger partial charge in [-0.25, -0.2) is 4.39 Å². The molecule has 3 nitrogen and oxygen atoms in total. The van der Waals surface area contributed by atoms with Crippen molar-refractivity contribution in [3.8, 4) is 5.75 Å². The van der Waals surface area contributed by atoms with E-state index in [1.165, 1.54) is 48.5 Å². The van der Waals surface area contributed by atoms with Crippen LogP contribution in [0.15, 0.2) is 60.7 Å². The van der Waals surface area contributed by atoms with Gasteiger partial charge in [-0.05, 0) is 17.7 Å². The number of hydrogen-bond donors (Lipinski definition) is 1. The summed E-state index contributed by atoms with van der Waals surface area (Å²) in [6.45, 7) is -0.0263. The van der Waals surface area contributed by atoms with Crippen LogP contribution in [0.5, 0.6) is 5.75 Å². The number of allylic oxidation sites excluding steroid dienone is 1. The summed E-state index contributed by atoms with van der Waals surface area (Å²) in [4.78, 5) is 11.7. The molecule has 0 fully saturated rings. The summed E-state index contributed by atoms with van der Waals surface area (Å²) in [5, 5.41) is 2.31. The van der Waals surface area contributed by atoms with E-state index in [2.05, 4.69) is 5.32 Å². The summed E-state index contributed by atoms with van der Waals surface area (Å²) >= 11 is 0. The number of nitrogens with one attached hydrogen (secondary N) is 1. The second-order valence-corrected chi connectivity index (χ2v) is 5.02. The summed E-state index contributed by atoms with van der Waals surface area (Å²) < 4.78 is 57.5. The van der Waals surface area contributed by atoms with E-state index in [1.54, 1.807) is 6.07 Å². The lowest BCUT2D eigenvalue weighted by Crippen LogP contribution is -2.27. The van der Waals surface area contributed by atoms with Gasteiger partial charge in [-0.3, -0.25) is 4.79 Å². The van der Waals surface area contributed by atoms with Gasteiger partial charge in [0.2, 0.25) is 5.91 Å². The van der Waals surface area contributed by atoms with E-state index in [0.717, 1.165) is 0 Å². The Morgan fingerprint density at radius 2 is 1.80 bits per heavy atom. The zero-order valence-electron chi connectivity index (χ0n) is 13.0. The van der Waals surface area contributed by atoms with E-state index in [0.29, 0.717) is 6.08 Å². The molecule has 1 N–H and O–H groups in total. The second kappa shape index (κ2) is 8.32. The lowest BCUT2D eigenvalue weighted by molar-refractivity contribution is -0.117. The SMILES string of the molecule is O=C(/C=C(/c1ccccc1)C(F)(F)F)NCCOc1cccc(F)c1. The molecule has 2 rings (SSSR count). The molecule has 2 aromatic carbocycles. The van der Waals surface area contributed by atoms with Gasteiger partial charge in [-0.15, -0.1) is 0 Å². The van der Waals surface area contributed by atoms with E-state index in [9.17, 15) is 22.4 Å². The van der Waals surface area contributed by atoms with E-state index in [-0.39, 0.29) is 24.5 Å². The van der Waals surface area contributed by atoms with Crippen molar-refractivity contribution in [2.24, 2.45) is 0 Å². The third-order valence-corrected chi connectivity index (χ3v) is 3.13. The fourth-order valence-electron chi connectivity index (χ4n) is 2.03. The second-order valence-electron chi connectivity index (χ2n) is 5.02. The molecule has 0 saturated carbocycles. The van der Waals surface area contributed by atoms with Gasteiger partial charge in [0.25, 0.3) is 0 Å². The van der Waals surface area contributed by atoms with Gasteiger partial charge in [0, 0.05) is 12.1 Å². The topological polar surface area (TPSA) is 38.3 Å². The van der Waals surface area contributed by atoms with E-state index in [4.69, 9.17) is 4.74 Å². The summed E-state index contributed by atoms with van der Waals surface area (Å²) in [6, 6.07) is 12.5. The van der Waals surface area contributed by atoms with E-state index in [1.807, 2.05) is 0 Å². The predicted molar refractivity (Wildman–Crippen MR) is 85.4 cm³/mol. The fraction of sp³-hybridized carbons (Fsp3) is 0.167. The monoisotopic (exact) mass is 353 g/mol. The van der Waals surface area contributed by atoms with Crippen LogP contribution in [0.4, 0.5) is 17.6 Å². The van der Waals surface area contributed by atoms with Gasteiger partial charge in [-0.2, -0.15) is 13.2 Å². The molecule has 25 heavy (non-hydrogen) atoms. The zero-order chi connectivity index (χ0) is 18.3. The van der Waals surface area contributed by atoms with Crippen molar-refractivity contribution in [3.05, 3.63) is 72.1 Å². The number of rotatable bonds is 6. The Morgan fingerprint density at radius 1 is 1.08 bits per heavy atom. The molecule has 1 amide bonds. The minimum absolute atomic E-state index is 0.00424. The van der Waals surface area contributed by atoms with Crippen LogP contribution in [0.2, 0.25) is 0 Å². The minimum atomic E-state index is -4.66. The number of benzene rings is 2. The van der Waals surface area contributed by atoms with Crippen LogP contribution in [0.1, 0.15) is 5.56 Å². The highest BCUT2D eigenvalue weighted by molar-refractivity contribution is 5.96. The molecule has 0 heterocycles. The van der Waals surface area contributed by atoms with Crippen molar-refractivity contribution < 1.29 is 27.1 Å². The Hall–Kier alpha value is -2.83. The van der Waals surface area contributed by atoms with Crippen LogP contribution in [-0.2, 0) is 4.79 Å².